The van der Waals surface area contributed by atoms with Crippen LogP contribution in [0.15, 0.2) is 35.2 Å². The highest BCUT2D eigenvalue weighted by atomic mass is 32.2. The summed E-state index contributed by atoms with van der Waals surface area (Å²) >= 11 is 1.16. The first-order valence-electron chi connectivity index (χ1n) is 12.3. The quantitative estimate of drug-likeness (QED) is 0.293. The Labute approximate surface area is 218 Å². The molecule has 0 bridgehead atoms. The molecule has 0 aliphatic carbocycles. The average Bonchev–Trinajstić information content (AvgIpc) is 3.22. The molecule has 1 aromatic carbocycles. The number of carbonyl (C=O) groups is 1. The van der Waals surface area contributed by atoms with Crippen LogP contribution in [0, 0.1) is 5.13 Å². The molecule has 2 aromatic rings. The summed E-state index contributed by atoms with van der Waals surface area (Å²) in [4.78, 5) is 12.0. The van der Waals surface area contributed by atoms with Gasteiger partial charge in [0.05, 0.1) is 11.0 Å². The molecule has 1 aromatic heterocycles. The lowest BCUT2D eigenvalue weighted by atomic mass is 9.96. The number of aliphatic hydroxyl groups excluding tert-OH is 1. The number of sulfonamides is 1. The van der Waals surface area contributed by atoms with E-state index in [4.69, 9.17) is 5.11 Å². The predicted molar refractivity (Wildman–Crippen MR) is 142 cm³/mol. The molecule has 0 saturated carbocycles. The topological polar surface area (TPSA) is 107 Å². The molecule has 0 spiro atoms. The van der Waals surface area contributed by atoms with Crippen LogP contribution in [0.5, 0.6) is 0 Å². The van der Waals surface area contributed by atoms with Gasteiger partial charge in [0.15, 0.2) is 5.13 Å². The van der Waals surface area contributed by atoms with Gasteiger partial charge in [0.1, 0.15) is 0 Å². The van der Waals surface area contributed by atoms with Gasteiger partial charge in [-0.3, -0.25) is 4.79 Å². The summed E-state index contributed by atoms with van der Waals surface area (Å²) in [6, 6.07) is 8.41. The van der Waals surface area contributed by atoms with Crippen LogP contribution < -0.4 is 5.32 Å². The molecule has 0 amide bonds. The number of benzene rings is 1. The second-order valence-corrected chi connectivity index (χ2v) is 12.9. The highest BCUT2D eigenvalue weighted by Crippen LogP contribution is 2.23. The minimum Gasteiger partial charge on any atom is -0.481 e. The summed E-state index contributed by atoms with van der Waals surface area (Å²) in [7, 11) is -2.34. The Hall–Kier alpha value is -1.85. The van der Waals surface area contributed by atoms with Crippen LogP contribution in [-0.4, -0.2) is 60.7 Å². The van der Waals surface area contributed by atoms with Crippen LogP contribution in [0.4, 0.5) is 4.39 Å². The van der Waals surface area contributed by atoms with Gasteiger partial charge in [-0.2, -0.15) is 8.70 Å². The van der Waals surface area contributed by atoms with E-state index in [0.717, 1.165) is 41.0 Å². The second kappa shape index (κ2) is 13.6. The van der Waals surface area contributed by atoms with Crippen molar-refractivity contribution in [3.05, 3.63) is 51.5 Å². The van der Waals surface area contributed by atoms with Gasteiger partial charge in [0.2, 0.25) is 10.0 Å². The van der Waals surface area contributed by atoms with Crippen LogP contribution in [0.25, 0.3) is 0 Å². The number of β-amino-alcohol motifs (C(OH)–C–C–N with tert-alkyl or cyclic N) is 1. The van der Waals surface area contributed by atoms with Gasteiger partial charge < -0.3 is 15.5 Å². The van der Waals surface area contributed by atoms with E-state index in [-0.39, 0.29) is 35.1 Å². The zero-order chi connectivity index (χ0) is 26.9. The van der Waals surface area contributed by atoms with Gasteiger partial charge in [0, 0.05) is 37.0 Å². The summed E-state index contributed by atoms with van der Waals surface area (Å²) in [5.74, 6) is -0.849. The summed E-state index contributed by atoms with van der Waals surface area (Å²) in [6.45, 7) is 6.12. The largest absolute Gasteiger partial charge is 0.481 e. The lowest BCUT2D eigenvalue weighted by Gasteiger charge is -2.29. The molecule has 0 radical (unpaired) electrons. The first-order chi connectivity index (χ1) is 16.8. The normalized spacial score (nSPS) is 13.3. The van der Waals surface area contributed by atoms with Crippen LogP contribution in [0.3, 0.4) is 0 Å². The molecule has 2 rings (SSSR count). The Morgan fingerprint density at radius 1 is 1.19 bits per heavy atom. The van der Waals surface area contributed by atoms with Gasteiger partial charge in [-0.05, 0) is 81.7 Å². The lowest BCUT2D eigenvalue weighted by molar-refractivity contribution is -0.137. The van der Waals surface area contributed by atoms with E-state index in [2.05, 4.69) is 5.32 Å². The van der Waals surface area contributed by atoms with Crippen molar-refractivity contribution in [1.82, 2.24) is 9.62 Å². The number of carboxylic acid groups (broad SMARTS) is 1. The number of aryl methyl sites for hydroxylation is 3. The number of rotatable bonds is 16. The van der Waals surface area contributed by atoms with E-state index in [1.165, 1.54) is 17.4 Å². The Bertz CT molecular complexity index is 1100. The summed E-state index contributed by atoms with van der Waals surface area (Å²) in [5, 5.41) is 22.5. The Kier molecular flexibility index (Phi) is 11.5. The monoisotopic (exact) mass is 542 g/mol. The number of nitrogens with one attached hydrogen (secondary N) is 1. The third-order valence-electron chi connectivity index (χ3n) is 6.19. The Morgan fingerprint density at radius 3 is 2.53 bits per heavy atom. The van der Waals surface area contributed by atoms with Crippen molar-refractivity contribution in [3.8, 4) is 0 Å². The molecule has 0 aliphatic rings. The van der Waals surface area contributed by atoms with E-state index < -0.39 is 22.1 Å². The third-order valence-corrected chi connectivity index (χ3v) is 9.05. The molecule has 1 atom stereocenters. The minimum atomic E-state index is -3.80. The number of halogens is 1. The molecule has 202 valence electrons. The van der Waals surface area contributed by atoms with E-state index in [1.54, 1.807) is 18.2 Å². The number of thiophene rings is 1. The molecule has 1 unspecified atom stereocenters. The number of aliphatic hydroxyl groups is 1. The van der Waals surface area contributed by atoms with Crippen LogP contribution in [-0.2, 0) is 34.1 Å². The number of nitrogens with zero attached hydrogens (tertiary/aromatic N) is 1. The maximum Gasteiger partial charge on any atom is 0.303 e. The summed E-state index contributed by atoms with van der Waals surface area (Å²) in [6.07, 6.45) is 3.25. The smallest absolute Gasteiger partial charge is 0.303 e. The Balaban J connectivity index is 1.90. The number of carboxylic acids is 1. The maximum atomic E-state index is 13.2. The van der Waals surface area contributed by atoms with Gasteiger partial charge in [-0.15, -0.1) is 11.3 Å². The molecule has 0 aliphatic heterocycles. The van der Waals surface area contributed by atoms with Gasteiger partial charge >= 0.3 is 5.97 Å². The van der Waals surface area contributed by atoms with E-state index in [0.29, 0.717) is 24.8 Å². The van der Waals surface area contributed by atoms with Crippen molar-refractivity contribution in [2.24, 2.45) is 0 Å². The number of hydrogen-bond donors (Lipinski definition) is 3. The Morgan fingerprint density at radius 2 is 1.92 bits per heavy atom. The SMILES string of the molecule is CCc1cc(CCCC(=O)O)ccc1S(=O)(=O)N(C)CC(O)CNC(C)(C)CCCc1ccc(F)s1. The predicted octanol–water partition coefficient (Wildman–Crippen LogP) is 4.23. The maximum absolute atomic E-state index is 13.2. The molecular weight excluding hydrogens is 503 g/mol. The molecule has 1 heterocycles. The highest BCUT2D eigenvalue weighted by molar-refractivity contribution is 7.89. The number of likely N-dealkylation sites (N-methyl/N-ethyl adjacent to an activating group) is 1. The third kappa shape index (κ3) is 9.55. The number of hydrogen-bond acceptors (Lipinski definition) is 6. The molecule has 10 heteroatoms. The summed E-state index contributed by atoms with van der Waals surface area (Å²) < 4.78 is 40.8. The summed E-state index contributed by atoms with van der Waals surface area (Å²) in [5.41, 5.74) is 1.32. The lowest BCUT2D eigenvalue weighted by Crippen LogP contribution is -2.46. The van der Waals surface area contributed by atoms with Crippen molar-refractivity contribution in [1.29, 1.82) is 0 Å². The fourth-order valence-electron chi connectivity index (χ4n) is 4.06. The van der Waals surface area contributed by atoms with Crippen LogP contribution in [0.2, 0.25) is 0 Å². The van der Waals surface area contributed by atoms with E-state index in [1.807, 2.05) is 26.8 Å². The second-order valence-electron chi connectivity index (χ2n) is 9.81. The van der Waals surface area contributed by atoms with Crippen LogP contribution >= 0.6 is 11.3 Å². The molecule has 7 nitrogen and oxygen atoms in total. The van der Waals surface area contributed by atoms with Crippen molar-refractivity contribution >= 4 is 27.3 Å². The van der Waals surface area contributed by atoms with Gasteiger partial charge in [-0.25, -0.2) is 8.42 Å². The first-order valence-corrected chi connectivity index (χ1v) is 14.6. The van der Waals surface area contributed by atoms with Crippen molar-refractivity contribution in [2.45, 2.75) is 82.3 Å². The van der Waals surface area contributed by atoms with Crippen molar-refractivity contribution in [2.75, 3.05) is 20.1 Å². The fourth-order valence-corrected chi connectivity index (χ4v) is 6.31. The van der Waals surface area contributed by atoms with E-state index in [9.17, 15) is 22.7 Å². The number of aliphatic carboxylic acids is 1. The standard InChI is InChI=1S/C26H39FN2O5S2/c1-5-20-16-19(8-6-10-25(31)32)11-13-23(20)36(33,34)29(4)18-21(30)17-28-26(2,3)15-7-9-22-12-14-24(27)35-22/h11-14,16,21,28,30H,5-10,15,17-18H2,1-4H3,(H,31,32). The van der Waals surface area contributed by atoms with Crippen molar-refractivity contribution in [3.63, 3.8) is 0 Å². The molecule has 36 heavy (non-hydrogen) atoms. The highest BCUT2D eigenvalue weighted by Gasteiger charge is 2.26. The zero-order valence-electron chi connectivity index (χ0n) is 21.6. The van der Waals surface area contributed by atoms with Gasteiger partial charge in [-0.1, -0.05) is 19.1 Å². The molecule has 0 fully saturated rings. The molecule has 0 saturated heterocycles. The minimum absolute atomic E-state index is 0.0522. The zero-order valence-corrected chi connectivity index (χ0v) is 23.2. The van der Waals surface area contributed by atoms with Crippen LogP contribution in [0.1, 0.15) is 62.5 Å². The molecule has 3 N–H and O–H groups in total. The van der Waals surface area contributed by atoms with Crippen molar-refractivity contribution < 1.29 is 27.8 Å². The average molecular weight is 543 g/mol. The molecular formula is C26H39FN2O5S2. The van der Waals surface area contributed by atoms with E-state index >= 15 is 0 Å². The van der Waals surface area contributed by atoms with Gasteiger partial charge in [0.25, 0.3) is 0 Å². The first kappa shape index (κ1) is 30.4. The fraction of sp³-hybridized carbons (Fsp3) is 0.577.